The first kappa shape index (κ1) is 20.8. The number of benzene rings is 1. The van der Waals surface area contributed by atoms with Crippen LogP contribution >= 0.6 is 11.6 Å². The van der Waals surface area contributed by atoms with Crippen LogP contribution in [0.2, 0.25) is 5.02 Å². The van der Waals surface area contributed by atoms with E-state index >= 15 is 0 Å². The van der Waals surface area contributed by atoms with Crippen molar-refractivity contribution in [2.45, 2.75) is 20.8 Å². The maximum Gasteiger partial charge on any atom is 0.246 e. The van der Waals surface area contributed by atoms with Gasteiger partial charge in [0.1, 0.15) is 5.75 Å². The number of aryl methyl sites for hydroxylation is 1. The number of hydrogen-bond acceptors (Lipinski definition) is 4. The van der Waals surface area contributed by atoms with E-state index in [4.69, 9.17) is 11.6 Å². The molecule has 0 atom stereocenters. The second-order valence-electron chi connectivity index (χ2n) is 5.38. The Bertz CT molecular complexity index is 626. The minimum Gasteiger partial charge on any atom is -0.506 e. The predicted molar refractivity (Wildman–Crippen MR) is 101 cm³/mol. The summed E-state index contributed by atoms with van der Waals surface area (Å²) >= 11 is 5.92. The van der Waals surface area contributed by atoms with Crippen molar-refractivity contribution in [3.05, 3.63) is 35.4 Å². The van der Waals surface area contributed by atoms with Crippen molar-refractivity contribution in [1.29, 1.82) is 0 Å². The number of nitrogens with one attached hydrogen (secondary N) is 1. The van der Waals surface area contributed by atoms with Crippen LogP contribution in [-0.4, -0.2) is 59.4 Å². The summed E-state index contributed by atoms with van der Waals surface area (Å²) < 4.78 is 0. The highest BCUT2D eigenvalue weighted by Gasteiger charge is 2.22. The molecule has 0 spiro atoms. The van der Waals surface area contributed by atoms with Crippen molar-refractivity contribution >= 4 is 29.1 Å². The van der Waals surface area contributed by atoms with Crippen LogP contribution in [0.3, 0.4) is 0 Å². The molecular formula is C18H26ClN3O3. The largest absolute Gasteiger partial charge is 0.506 e. The molecule has 0 bridgehead atoms. The van der Waals surface area contributed by atoms with Gasteiger partial charge < -0.3 is 20.2 Å². The van der Waals surface area contributed by atoms with Crippen LogP contribution in [0.4, 0.5) is 5.69 Å². The second-order valence-corrected chi connectivity index (χ2v) is 5.79. The van der Waals surface area contributed by atoms with Gasteiger partial charge in [-0.05, 0) is 24.6 Å². The average molecular weight is 368 g/mol. The van der Waals surface area contributed by atoms with E-state index in [1.165, 1.54) is 12.1 Å². The Hall–Kier alpha value is -2.21. The van der Waals surface area contributed by atoms with Crippen molar-refractivity contribution in [2.75, 3.05) is 38.0 Å². The highest BCUT2D eigenvalue weighted by atomic mass is 35.5. The number of piperazine rings is 1. The van der Waals surface area contributed by atoms with Crippen LogP contribution in [0.5, 0.6) is 5.75 Å². The summed E-state index contributed by atoms with van der Waals surface area (Å²) in [6.07, 6.45) is 1.28. The van der Waals surface area contributed by atoms with Gasteiger partial charge in [0.05, 0.1) is 12.2 Å². The topological polar surface area (TPSA) is 72.9 Å². The molecule has 1 saturated heterocycles. The van der Waals surface area contributed by atoms with E-state index in [0.717, 1.165) is 5.56 Å². The van der Waals surface area contributed by atoms with Crippen LogP contribution in [0, 0.1) is 6.92 Å². The molecule has 0 aliphatic carbocycles. The molecule has 1 aliphatic rings. The van der Waals surface area contributed by atoms with Gasteiger partial charge in [-0.25, -0.2) is 0 Å². The zero-order valence-corrected chi connectivity index (χ0v) is 15.8. The number of amides is 2. The molecular weight excluding hydrogens is 342 g/mol. The van der Waals surface area contributed by atoms with Gasteiger partial charge in [0.2, 0.25) is 11.8 Å². The minimum absolute atomic E-state index is 0.00907. The fourth-order valence-electron chi connectivity index (χ4n) is 2.40. The van der Waals surface area contributed by atoms with E-state index in [9.17, 15) is 14.7 Å². The number of phenolic OH excluding ortho intramolecular Hbond substituents is 1. The minimum atomic E-state index is -0.114. The third-order valence-corrected chi connectivity index (χ3v) is 4.23. The molecule has 2 rings (SSSR count). The number of hydrogen-bond donors (Lipinski definition) is 2. The smallest absolute Gasteiger partial charge is 0.246 e. The van der Waals surface area contributed by atoms with Crippen LogP contribution in [0.25, 0.3) is 0 Å². The van der Waals surface area contributed by atoms with Crippen LogP contribution in [0.1, 0.15) is 19.4 Å². The quantitative estimate of drug-likeness (QED) is 0.634. The molecule has 1 heterocycles. The summed E-state index contributed by atoms with van der Waals surface area (Å²) in [6, 6.07) is 3.15. The van der Waals surface area contributed by atoms with Gasteiger partial charge in [-0.1, -0.05) is 32.0 Å². The number of carbonyl (C=O) groups excluding carboxylic acids is 2. The summed E-state index contributed by atoms with van der Waals surface area (Å²) in [5.74, 6) is -0.186. The van der Waals surface area contributed by atoms with Crippen LogP contribution in [0.15, 0.2) is 24.8 Å². The zero-order chi connectivity index (χ0) is 19.0. The molecule has 7 heteroatoms. The first-order valence-corrected chi connectivity index (χ1v) is 8.72. The highest BCUT2D eigenvalue weighted by molar-refractivity contribution is 6.31. The van der Waals surface area contributed by atoms with E-state index in [1.54, 1.807) is 15.9 Å². The maximum atomic E-state index is 12.2. The molecule has 25 heavy (non-hydrogen) atoms. The van der Waals surface area contributed by atoms with Crippen molar-refractivity contribution < 1.29 is 14.7 Å². The molecule has 2 N–H and O–H groups in total. The average Bonchev–Trinajstić information content (AvgIpc) is 2.64. The highest BCUT2D eigenvalue weighted by Crippen LogP contribution is 2.29. The maximum absolute atomic E-state index is 12.2. The lowest BCUT2D eigenvalue weighted by atomic mass is 10.2. The number of anilines is 1. The third kappa shape index (κ3) is 5.67. The van der Waals surface area contributed by atoms with E-state index in [-0.39, 0.29) is 24.1 Å². The first-order valence-electron chi connectivity index (χ1n) is 8.34. The lowest BCUT2D eigenvalue weighted by Gasteiger charge is -2.34. The van der Waals surface area contributed by atoms with Gasteiger partial charge in [0.25, 0.3) is 0 Å². The number of rotatable bonds is 4. The molecule has 0 radical (unpaired) electrons. The van der Waals surface area contributed by atoms with Crippen LogP contribution in [-0.2, 0) is 9.59 Å². The van der Waals surface area contributed by atoms with E-state index in [1.807, 2.05) is 20.8 Å². The van der Waals surface area contributed by atoms with Gasteiger partial charge in [0.15, 0.2) is 0 Å². The first-order chi connectivity index (χ1) is 11.9. The molecule has 0 saturated carbocycles. The summed E-state index contributed by atoms with van der Waals surface area (Å²) in [4.78, 5) is 27.1. The summed E-state index contributed by atoms with van der Waals surface area (Å²) in [5.41, 5.74) is 1.29. The molecule has 1 aromatic carbocycles. The Labute approximate surface area is 154 Å². The number of aromatic hydroxyl groups is 1. The Morgan fingerprint density at radius 2 is 1.80 bits per heavy atom. The summed E-state index contributed by atoms with van der Waals surface area (Å²) in [6.45, 7) is 11.3. The van der Waals surface area contributed by atoms with Crippen molar-refractivity contribution in [3.8, 4) is 5.75 Å². The van der Waals surface area contributed by atoms with Gasteiger partial charge in [0, 0.05) is 37.3 Å². The molecule has 0 aromatic heterocycles. The van der Waals surface area contributed by atoms with Gasteiger partial charge in [-0.15, -0.1) is 0 Å². The lowest BCUT2D eigenvalue weighted by Crippen LogP contribution is -2.51. The molecule has 2 amide bonds. The Morgan fingerprint density at radius 1 is 1.24 bits per heavy atom. The number of carbonyl (C=O) groups is 2. The Kier molecular flexibility index (Phi) is 8.28. The molecule has 1 aliphatic heterocycles. The van der Waals surface area contributed by atoms with Crippen molar-refractivity contribution in [3.63, 3.8) is 0 Å². The van der Waals surface area contributed by atoms with Gasteiger partial charge >= 0.3 is 0 Å². The molecule has 6 nitrogen and oxygen atoms in total. The van der Waals surface area contributed by atoms with Crippen LogP contribution < -0.4 is 5.32 Å². The number of nitrogens with zero attached hydrogens (tertiary/aromatic N) is 2. The van der Waals surface area contributed by atoms with Gasteiger partial charge in [-0.3, -0.25) is 9.59 Å². The summed E-state index contributed by atoms with van der Waals surface area (Å²) in [7, 11) is 0. The van der Waals surface area contributed by atoms with Crippen molar-refractivity contribution in [2.24, 2.45) is 0 Å². The molecule has 138 valence electrons. The van der Waals surface area contributed by atoms with E-state index < -0.39 is 0 Å². The second kappa shape index (κ2) is 9.93. The monoisotopic (exact) mass is 367 g/mol. The Morgan fingerprint density at radius 3 is 2.36 bits per heavy atom. The zero-order valence-electron chi connectivity index (χ0n) is 15.0. The molecule has 1 fully saturated rings. The molecule has 0 unspecified atom stereocenters. The third-order valence-electron chi connectivity index (χ3n) is 3.83. The Balaban J connectivity index is 0.00000151. The predicted octanol–water partition coefficient (Wildman–Crippen LogP) is 2.65. The summed E-state index contributed by atoms with van der Waals surface area (Å²) in [5, 5.41) is 13.2. The van der Waals surface area contributed by atoms with Gasteiger partial charge in [-0.2, -0.15) is 0 Å². The van der Waals surface area contributed by atoms with Crippen molar-refractivity contribution in [1.82, 2.24) is 9.80 Å². The van der Waals surface area contributed by atoms with E-state index in [2.05, 4.69) is 11.9 Å². The molecule has 1 aromatic rings. The fraction of sp³-hybridized carbons (Fsp3) is 0.444. The standard InChI is InChI=1S/C16H20ClN3O3.C2H6/c1-3-15(22)19-4-6-20(7-5-19)16(23)10-18-13-8-11(2)12(17)9-14(13)21;1-2/h3,8-9,18,21H,1,4-7,10H2,2H3;1-2H3. The number of phenols is 1. The lowest BCUT2D eigenvalue weighted by molar-refractivity contribution is -0.135. The fourth-order valence-corrected chi connectivity index (χ4v) is 2.56. The normalized spacial score (nSPS) is 13.6. The number of halogens is 1. The SMILES string of the molecule is C=CC(=O)N1CCN(C(=O)CNc2cc(C)c(Cl)cc2O)CC1.CC. The van der Waals surface area contributed by atoms with E-state index in [0.29, 0.717) is 36.9 Å².